The van der Waals surface area contributed by atoms with E-state index >= 15 is 0 Å². The number of nitrogens with one attached hydrogen (secondary N) is 1. The number of hydrogen-bond donors (Lipinski definition) is 2. The molecule has 2 fully saturated rings. The van der Waals surface area contributed by atoms with Crippen LogP contribution < -0.4 is 14.4 Å². The number of aliphatic hydroxyl groups excluding tert-OH is 1. The zero-order valence-corrected chi connectivity index (χ0v) is 24.1. The van der Waals surface area contributed by atoms with Crippen molar-refractivity contribution in [3.8, 4) is 17.0 Å². The first-order valence-corrected chi connectivity index (χ1v) is 14.9. The molecular weight excluding hydrogens is 523 g/mol. The van der Waals surface area contributed by atoms with Crippen LogP contribution in [0.15, 0.2) is 30.3 Å². The van der Waals surface area contributed by atoms with Gasteiger partial charge in [-0.25, -0.2) is 14.1 Å². The van der Waals surface area contributed by atoms with Crippen LogP contribution in [-0.2, 0) is 10.2 Å². The quantitative estimate of drug-likeness (QED) is 0.501. The molecule has 0 saturated carbocycles. The Bertz CT molecular complexity index is 1320. The average molecular weight is 563 g/mol. The molecule has 0 spiro atoms. The summed E-state index contributed by atoms with van der Waals surface area (Å²) < 4.78 is 49.5. The topological polar surface area (TPSA) is 112 Å². The third-order valence-electron chi connectivity index (χ3n) is 7.12. The molecule has 4 rings (SSSR count). The lowest BCUT2D eigenvalue weighted by Crippen LogP contribution is -2.49. The lowest BCUT2D eigenvalue weighted by Gasteiger charge is -2.34. The van der Waals surface area contributed by atoms with Gasteiger partial charge in [-0.2, -0.15) is 12.7 Å². The molecule has 2 aliphatic rings. The maximum atomic E-state index is 14.5. The summed E-state index contributed by atoms with van der Waals surface area (Å²) in [6.07, 6.45) is 1.11. The summed E-state index contributed by atoms with van der Waals surface area (Å²) in [5, 5.41) is 9.93. The van der Waals surface area contributed by atoms with Crippen LogP contribution in [0.25, 0.3) is 11.3 Å². The summed E-state index contributed by atoms with van der Waals surface area (Å²) in [4.78, 5) is 20.3. The van der Waals surface area contributed by atoms with Crippen LogP contribution in [0.5, 0.6) is 5.75 Å². The summed E-state index contributed by atoms with van der Waals surface area (Å²) in [5.41, 5.74) is 0.688. The molecule has 39 heavy (non-hydrogen) atoms. The molecule has 1 amide bonds. The van der Waals surface area contributed by atoms with E-state index in [1.807, 2.05) is 18.7 Å². The first-order chi connectivity index (χ1) is 18.2. The number of halogens is 1. The Hall–Kier alpha value is -2.76. The number of carbonyl (C=O) groups is 1. The Morgan fingerprint density at radius 2 is 2.00 bits per heavy atom. The first-order valence-electron chi connectivity index (χ1n) is 13.5. The monoisotopic (exact) mass is 562 g/mol. The third-order valence-corrected chi connectivity index (χ3v) is 8.57. The molecule has 214 valence electrons. The number of β-amino-alcohol motifs (C(OH)–C–C–N with tert-alkyl or cyclic N) is 1. The number of rotatable bonds is 8. The SMILES string of the molecule is CC(C)COc1cc(F)cc(-c2ccc(C(=O)NS(=O)(=O)N3CCCC(O)C3)c(N3C[C@@H](C)CC3(C)C)n2)c1. The van der Waals surface area contributed by atoms with Gasteiger partial charge in [0.2, 0.25) is 0 Å². The van der Waals surface area contributed by atoms with Crippen molar-refractivity contribution in [2.75, 3.05) is 31.1 Å². The fourth-order valence-electron chi connectivity index (χ4n) is 5.38. The van der Waals surface area contributed by atoms with Crippen LogP contribution in [-0.4, -0.2) is 66.6 Å². The molecule has 0 radical (unpaired) electrons. The molecule has 3 heterocycles. The Kier molecular flexibility index (Phi) is 8.53. The zero-order valence-electron chi connectivity index (χ0n) is 23.3. The number of piperidine rings is 1. The number of ether oxygens (including phenoxy) is 1. The first kappa shape index (κ1) is 29.2. The number of nitrogens with zero attached hydrogens (tertiary/aromatic N) is 3. The predicted molar refractivity (Wildman–Crippen MR) is 148 cm³/mol. The van der Waals surface area contributed by atoms with Crippen LogP contribution in [0, 0.1) is 17.7 Å². The van der Waals surface area contributed by atoms with Gasteiger partial charge in [-0.1, -0.05) is 20.8 Å². The lowest BCUT2D eigenvalue weighted by atomic mass is 9.97. The zero-order chi connectivity index (χ0) is 28.5. The Balaban J connectivity index is 1.72. The standard InChI is InChI=1S/C28H39FN4O5S/c1-18(2)17-38-23-12-20(11-21(29)13-23)25-9-8-24(26(30-25)33-15-19(3)14-28(33,4)5)27(35)31-39(36,37)32-10-6-7-22(34)16-32/h8-9,11-13,18-19,22,34H,6-7,10,14-17H2,1-5H3,(H,31,35)/t19-,22?/m0/s1. The summed E-state index contributed by atoms with van der Waals surface area (Å²) in [5.74, 6) is 0.0326. The van der Waals surface area contributed by atoms with Crippen molar-refractivity contribution < 1.29 is 27.4 Å². The number of aromatic nitrogens is 1. The molecule has 0 aliphatic carbocycles. The fourth-order valence-corrected chi connectivity index (χ4v) is 6.60. The molecule has 1 unspecified atom stereocenters. The van der Waals surface area contributed by atoms with Gasteiger partial charge in [0.1, 0.15) is 17.4 Å². The third kappa shape index (κ3) is 6.88. The highest BCUT2D eigenvalue weighted by Gasteiger charge is 2.39. The summed E-state index contributed by atoms with van der Waals surface area (Å²) in [6.45, 7) is 11.4. The Morgan fingerprint density at radius 3 is 2.64 bits per heavy atom. The number of anilines is 1. The minimum absolute atomic E-state index is 0.0654. The van der Waals surface area contributed by atoms with Crippen molar-refractivity contribution in [3.05, 3.63) is 41.7 Å². The molecule has 2 atom stereocenters. The summed E-state index contributed by atoms with van der Waals surface area (Å²) in [7, 11) is -4.17. The van der Waals surface area contributed by atoms with Gasteiger partial charge in [-0.3, -0.25) is 4.79 Å². The Labute approximate surface area is 230 Å². The van der Waals surface area contributed by atoms with Crippen molar-refractivity contribution >= 4 is 21.9 Å². The van der Waals surface area contributed by atoms with E-state index in [1.165, 1.54) is 18.2 Å². The van der Waals surface area contributed by atoms with E-state index in [2.05, 4.69) is 25.5 Å². The second-order valence-corrected chi connectivity index (χ2v) is 13.4. The van der Waals surface area contributed by atoms with Gasteiger partial charge in [0.05, 0.1) is 24.0 Å². The number of amides is 1. The number of pyridine rings is 1. The van der Waals surface area contributed by atoms with Crippen LogP contribution in [0.4, 0.5) is 10.2 Å². The molecule has 11 heteroatoms. The van der Waals surface area contributed by atoms with Crippen LogP contribution >= 0.6 is 0 Å². The number of benzene rings is 1. The van der Waals surface area contributed by atoms with Gasteiger partial charge < -0.3 is 14.7 Å². The predicted octanol–water partition coefficient (Wildman–Crippen LogP) is 3.98. The molecular formula is C28H39FN4O5S. The molecule has 9 nitrogen and oxygen atoms in total. The van der Waals surface area contributed by atoms with Crippen molar-refractivity contribution in [1.29, 1.82) is 0 Å². The van der Waals surface area contributed by atoms with E-state index in [0.29, 0.717) is 54.7 Å². The highest BCUT2D eigenvalue weighted by molar-refractivity contribution is 7.87. The summed E-state index contributed by atoms with van der Waals surface area (Å²) >= 11 is 0. The van der Waals surface area contributed by atoms with Crippen molar-refractivity contribution in [2.45, 2.75) is 65.5 Å². The van der Waals surface area contributed by atoms with Gasteiger partial charge >= 0.3 is 10.2 Å². The maximum Gasteiger partial charge on any atom is 0.304 e. The van der Waals surface area contributed by atoms with E-state index < -0.39 is 28.0 Å². The number of carbonyl (C=O) groups excluding carboxylic acids is 1. The number of aliphatic hydroxyl groups is 1. The van der Waals surface area contributed by atoms with Gasteiger partial charge in [-0.05, 0) is 69.2 Å². The van der Waals surface area contributed by atoms with Gasteiger partial charge in [-0.15, -0.1) is 0 Å². The van der Waals surface area contributed by atoms with E-state index in [4.69, 9.17) is 9.72 Å². The highest BCUT2D eigenvalue weighted by atomic mass is 32.2. The van der Waals surface area contributed by atoms with Gasteiger partial charge in [0.25, 0.3) is 5.91 Å². The van der Waals surface area contributed by atoms with Crippen LogP contribution in [0.3, 0.4) is 0 Å². The maximum absolute atomic E-state index is 14.5. The largest absolute Gasteiger partial charge is 0.493 e. The average Bonchev–Trinajstić information content (AvgIpc) is 3.13. The molecule has 0 bridgehead atoms. The highest BCUT2D eigenvalue weighted by Crippen LogP contribution is 2.38. The van der Waals surface area contributed by atoms with E-state index in [9.17, 15) is 22.7 Å². The molecule has 1 aromatic heterocycles. The van der Waals surface area contributed by atoms with Crippen molar-refractivity contribution in [1.82, 2.24) is 14.0 Å². The van der Waals surface area contributed by atoms with Crippen LogP contribution in [0.1, 0.15) is 64.2 Å². The molecule has 2 aromatic rings. The second kappa shape index (κ2) is 11.4. The second-order valence-electron chi connectivity index (χ2n) is 11.8. The van der Waals surface area contributed by atoms with Gasteiger partial charge in [0.15, 0.2) is 0 Å². The normalized spacial score (nSPS) is 21.8. The van der Waals surface area contributed by atoms with E-state index in [-0.39, 0.29) is 30.1 Å². The summed E-state index contributed by atoms with van der Waals surface area (Å²) in [6, 6.07) is 7.51. The fraction of sp³-hybridized carbons (Fsp3) is 0.571. The lowest BCUT2D eigenvalue weighted by molar-refractivity contribution is 0.0957. The smallest absolute Gasteiger partial charge is 0.304 e. The van der Waals surface area contributed by atoms with Gasteiger partial charge in [0, 0.05) is 36.8 Å². The molecule has 2 N–H and O–H groups in total. The van der Waals surface area contributed by atoms with E-state index in [1.54, 1.807) is 12.1 Å². The minimum Gasteiger partial charge on any atom is -0.493 e. The molecule has 2 aliphatic heterocycles. The van der Waals surface area contributed by atoms with E-state index in [0.717, 1.165) is 10.7 Å². The Morgan fingerprint density at radius 1 is 1.26 bits per heavy atom. The van der Waals surface area contributed by atoms with Crippen molar-refractivity contribution in [3.63, 3.8) is 0 Å². The molecule has 1 aromatic carbocycles. The molecule has 2 saturated heterocycles. The van der Waals surface area contributed by atoms with Crippen molar-refractivity contribution in [2.24, 2.45) is 11.8 Å². The number of hydrogen-bond acceptors (Lipinski definition) is 7. The minimum atomic E-state index is -4.17. The van der Waals surface area contributed by atoms with Crippen LogP contribution in [0.2, 0.25) is 0 Å².